The van der Waals surface area contributed by atoms with Gasteiger partial charge in [0.15, 0.2) is 0 Å². The second-order valence-electron chi connectivity index (χ2n) is 7.28. The summed E-state index contributed by atoms with van der Waals surface area (Å²) < 4.78 is 0. The van der Waals surface area contributed by atoms with Crippen molar-refractivity contribution >= 4 is 29.1 Å². The number of nitrogens with one attached hydrogen (secondary N) is 1. The van der Waals surface area contributed by atoms with Gasteiger partial charge >= 0.3 is 0 Å². The third-order valence-corrected chi connectivity index (χ3v) is 5.43. The zero-order chi connectivity index (χ0) is 19.4. The Kier molecular flexibility index (Phi) is 6.17. The lowest BCUT2D eigenvalue weighted by Gasteiger charge is -2.31. The number of para-hydroxylation sites is 1. The van der Waals surface area contributed by atoms with Gasteiger partial charge in [-0.1, -0.05) is 55.8 Å². The van der Waals surface area contributed by atoms with Gasteiger partial charge in [-0.3, -0.25) is 9.59 Å². The SMILES string of the molecule is CC(C)c1ccccc1NC(=O)C1CCN(C(=O)c2ccccc2Cl)CC1. The highest BCUT2D eigenvalue weighted by molar-refractivity contribution is 6.33. The highest BCUT2D eigenvalue weighted by atomic mass is 35.5. The van der Waals surface area contributed by atoms with Crippen molar-refractivity contribution in [2.45, 2.75) is 32.6 Å². The van der Waals surface area contributed by atoms with Gasteiger partial charge in [0, 0.05) is 24.7 Å². The van der Waals surface area contributed by atoms with Crippen LogP contribution in [0.3, 0.4) is 0 Å². The number of hydrogen-bond acceptors (Lipinski definition) is 2. The lowest BCUT2D eigenvalue weighted by molar-refractivity contribution is -0.121. The summed E-state index contributed by atoms with van der Waals surface area (Å²) in [5.41, 5.74) is 2.54. The van der Waals surface area contributed by atoms with E-state index in [1.54, 1.807) is 17.0 Å². The average Bonchev–Trinajstić information content (AvgIpc) is 2.68. The van der Waals surface area contributed by atoms with Crippen molar-refractivity contribution in [2.24, 2.45) is 5.92 Å². The van der Waals surface area contributed by atoms with Gasteiger partial charge in [-0.05, 0) is 42.5 Å². The normalized spacial score (nSPS) is 15.0. The molecule has 1 heterocycles. The molecule has 0 aromatic heterocycles. The molecule has 2 aromatic rings. The Balaban J connectivity index is 1.60. The maximum atomic E-state index is 12.7. The fraction of sp³-hybridized carbons (Fsp3) is 0.364. The Morgan fingerprint density at radius 1 is 1.04 bits per heavy atom. The van der Waals surface area contributed by atoms with Gasteiger partial charge < -0.3 is 10.2 Å². The molecule has 1 aliphatic rings. The maximum absolute atomic E-state index is 12.7. The van der Waals surface area contributed by atoms with E-state index in [9.17, 15) is 9.59 Å². The van der Waals surface area contributed by atoms with Crippen LogP contribution in [0.25, 0.3) is 0 Å². The molecule has 0 radical (unpaired) electrons. The van der Waals surface area contributed by atoms with Gasteiger partial charge in [-0.25, -0.2) is 0 Å². The van der Waals surface area contributed by atoms with Crippen LogP contribution >= 0.6 is 11.6 Å². The number of anilines is 1. The van der Waals surface area contributed by atoms with E-state index in [0.29, 0.717) is 42.4 Å². The summed E-state index contributed by atoms with van der Waals surface area (Å²) in [4.78, 5) is 27.1. The van der Waals surface area contributed by atoms with Crippen molar-refractivity contribution < 1.29 is 9.59 Å². The third kappa shape index (κ3) is 4.51. The molecular formula is C22H25ClN2O2. The summed E-state index contributed by atoms with van der Waals surface area (Å²) in [6.07, 6.45) is 1.32. The monoisotopic (exact) mass is 384 g/mol. The molecular weight excluding hydrogens is 360 g/mol. The smallest absolute Gasteiger partial charge is 0.255 e. The maximum Gasteiger partial charge on any atom is 0.255 e. The minimum absolute atomic E-state index is 0.0351. The summed E-state index contributed by atoms with van der Waals surface area (Å²) in [5, 5.41) is 3.55. The lowest BCUT2D eigenvalue weighted by Crippen LogP contribution is -2.41. The van der Waals surface area contributed by atoms with E-state index in [2.05, 4.69) is 19.2 Å². The first-order chi connectivity index (χ1) is 13.0. The Morgan fingerprint density at radius 2 is 1.67 bits per heavy atom. The zero-order valence-electron chi connectivity index (χ0n) is 15.7. The van der Waals surface area contributed by atoms with Gasteiger partial charge in [-0.2, -0.15) is 0 Å². The molecule has 1 aliphatic heterocycles. The van der Waals surface area contributed by atoms with E-state index in [1.807, 2.05) is 36.4 Å². The van der Waals surface area contributed by atoms with Gasteiger partial charge in [-0.15, -0.1) is 0 Å². The summed E-state index contributed by atoms with van der Waals surface area (Å²) in [6, 6.07) is 15.0. The standard InChI is InChI=1S/C22H25ClN2O2/c1-15(2)17-7-4-6-10-20(17)24-21(26)16-11-13-25(14-12-16)22(27)18-8-3-5-9-19(18)23/h3-10,15-16H,11-14H2,1-2H3,(H,24,26). The molecule has 2 amide bonds. The van der Waals surface area contributed by atoms with Crippen LogP contribution in [-0.4, -0.2) is 29.8 Å². The number of rotatable bonds is 4. The highest BCUT2D eigenvalue weighted by Gasteiger charge is 2.28. The number of likely N-dealkylation sites (tertiary alicyclic amines) is 1. The van der Waals surface area contributed by atoms with Gasteiger partial charge in [0.2, 0.25) is 5.91 Å². The van der Waals surface area contributed by atoms with Crippen LogP contribution in [0, 0.1) is 5.92 Å². The molecule has 1 saturated heterocycles. The summed E-state index contributed by atoms with van der Waals surface area (Å²) in [7, 11) is 0. The minimum Gasteiger partial charge on any atom is -0.339 e. The number of carbonyl (C=O) groups excluding carboxylic acids is 2. The van der Waals surface area contributed by atoms with E-state index in [0.717, 1.165) is 11.3 Å². The average molecular weight is 385 g/mol. The fourth-order valence-electron chi connectivity index (χ4n) is 3.50. The number of nitrogens with zero attached hydrogens (tertiary/aromatic N) is 1. The van der Waals surface area contributed by atoms with E-state index in [1.165, 1.54) is 0 Å². The number of carbonyl (C=O) groups is 2. The predicted molar refractivity (Wildman–Crippen MR) is 109 cm³/mol. The molecule has 0 unspecified atom stereocenters. The van der Waals surface area contributed by atoms with Crippen molar-refractivity contribution in [3.05, 3.63) is 64.7 Å². The van der Waals surface area contributed by atoms with Crippen LogP contribution in [0.1, 0.15) is 48.5 Å². The van der Waals surface area contributed by atoms with Crippen molar-refractivity contribution in [3.8, 4) is 0 Å². The molecule has 27 heavy (non-hydrogen) atoms. The molecule has 0 saturated carbocycles. The van der Waals surface area contributed by atoms with Crippen LogP contribution in [-0.2, 0) is 4.79 Å². The first kappa shape index (κ1) is 19.4. The van der Waals surface area contributed by atoms with E-state index in [4.69, 9.17) is 11.6 Å². The number of benzene rings is 2. The van der Waals surface area contributed by atoms with Crippen LogP contribution < -0.4 is 5.32 Å². The van der Waals surface area contributed by atoms with E-state index < -0.39 is 0 Å². The molecule has 0 spiro atoms. The molecule has 4 nitrogen and oxygen atoms in total. The molecule has 0 atom stereocenters. The predicted octanol–water partition coefficient (Wildman–Crippen LogP) is 4.95. The minimum atomic E-state index is -0.0829. The van der Waals surface area contributed by atoms with Crippen molar-refractivity contribution in [2.75, 3.05) is 18.4 Å². The number of hydrogen-bond donors (Lipinski definition) is 1. The topological polar surface area (TPSA) is 49.4 Å². The van der Waals surface area contributed by atoms with E-state index >= 15 is 0 Å². The summed E-state index contributed by atoms with van der Waals surface area (Å²) >= 11 is 6.14. The molecule has 3 rings (SSSR count). The van der Waals surface area contributed by atoms with E-state index in [-0.39, 0.29) is 17.7 Å². The van der Waals surface area contributed by atoms with Crippen molar-refractivity contribution in [3.63, 3.8) is 0 Å². The van der Waals surface area contributed by atoms with Gasteiger partial charge in [0.25, 0.3) is 5.91 Å². The second kappa shape index (κ2) is 8.57. The van der Waals surface area contributed by atoms with Gasteiger partial charge in [0.05, 0.1) is 10.6 Å². The van der Waals surface area contributed by atoms with Crippen LogP contribution in [0.4, 0.5) is 5.69 Å². The second-order valence-corrected chi connectivity index (χ2v) is 7.68. The first-order valence-corrected chi connectivity index (χ1v) is 9.78. The van der Waals surface area contributed by atoms with Crippen molar-refractivity contribution in [1.82, 2.24) is 4.90 Å². The lowest BCUT2D eigenvalue weighted by atomic mass is 9.94. The Labute approximate surface area is 165 Å². The fourth-order valence-corrected chi connectivity index (χ4v) is 3.72. The molecule has 1 N–H and O–H groups in total. The number of halogens is 1. The Hall–Kier alpha value is -2.33. The third-order valence-electron chi connectivity index (χ3n) is 5.10. The van der Waals surface area contributed by atoms with Crippen LogP contribution in [0.2, 0.25) is 5.02 Å². The molecule has 0 aliphatic carbocycles. The molecule has 1 fully saturated rings. The van der Waals surface area contributed by atoms with Crippen LogP contribution in [0.5, 0.6) is 0 Å². The molecule has 142 valence electrons. The Bertz CT molecular complexity index is 827. The van der Waals surface area contributed by atoms with Crippen LogP contribution in [0.15, 0.2) is 48.5 Å². The molecule has 5 heteroatoms. The molecule has 0 bridgehead atoms. The quantitative estimate of drug-likeness (QED) is 0.810. The van der Waals surface area contributed by atoms with Gasteiger partial charge in [0.1, 0.15) is 0 Å². The van der Waals surface area contributed by atoms with Crippen molar-refractivity contribution in [1.29, 1.82) is 0 Å². The Morgan fingerprint density at radius 3 is 2.33 bits per heavy atom. The number of piperidine rings is 1. The number of amides is 2. The zero-order valence-corrected chi connectivity index (χ0v) is 16.5. The highest BCUT2D eigenvalue weighted by Crippen LogP contribution is 2.27. The largest absolute Gasteiger partial charge is 0.339 e. The summed E-state index contributed by atoms with van der Waals surface area (Å²) in [6.45, 7) is 5.36. The molecule has 2 aromatic carbocycles. The first-order valence-electron chi connectivity index (χ1n) is 9.41. The summed E-state index contributed by atoms with van der Waals surface area (Å²) in [5.74, 6) is 0.231.